The molecule has 8 nitrogen and oxygen atoms in total. The molecule has 31 heavy (non-hydrogen) atoms. The average Bonchev–Trinajstić information content (AvgIpc) is 3.03. The van der Waals surface area contributed by atoms with E-state index >= 15 is 0 Å². The zero-order valence-corrected chi connectivity index (χ0v) is 18.6. The minimum absolute atomic E-state index is 0.0879. The molecule has 1 fully saturated rings. The predicted molar refractivity (Wildman–Crippen MR) is 118 cm³/mol. The van der Waals surface area contributed by atoms with E-state index in [1.807, 2.05) is 36.1 Å². The van der Waals surface area contributed by atoms with Gasteiger partial charge in [-0.15, -0.1) is 0 Å². The van der Waals surface area contributed by atoms with Crippen molar-refractivity contribution in [2.45, 2.75) is 45.6 Å². The Morgan fingerprint density at radius 3 is 2.61 bits per heavy atom. The highest BCUT2D eigenvalue weighted by Crippen LogP contribution is 2.16. The summed E-state index contributed by atoms with van der Waals surface area (Å²) in [7, 11) is 1.64. The lowest BCUT2D eigenvalue weighted by atomic mass is 10.1. The highest BCUT2D eigenvalue weighted by atomic mass is 16.5. The van der Waals surface area contributed by atoms with Crippen LogP contribution in [-0.2, 0) is 16.0 Å². The third-order valence-corrected chi connectivity index (χ3v) is 5.68. The van der Waals surface area contributed by atoms with Crippen LogP contribution in [0.2, 0.25) is 0 Å². The molecule has 2 aromatic rings. The molecule has 0 radical (unpaired) electrons. The van der Waals surface area contributed by atoms with Crippen LogP contribution in [0.1, 0.15) is 37.5 Å². The first-order valence-corrected chi connectivity index (χ1v) is 10.9. The first-order valence-electron chi connectivity index (χ1n) is 10.9. The molecular formula is C23H32N4O4. The van der Waals surface area contributed by atoms with Crippen molar-refractivity contribution in [3.8, 4) is 5.75 Å². The summed E-state index contributed by atoms with van der Waals surface area (Å²) in [6, 6.07) is 9.27. The highest BCUT2D eigenvalue weighted by molar-refractivity contribution is 5.94. The topological polar surface area (TPSA) is 87.9 Å². The van der Waals surface area contributed by atoms with Gasteiger partial charge in [0, 0.05) is 38.7 Å². The van der Waals surface area contributed by atoms with Crippen molar-refractivity contribution in [3.05, 3.63) is 41.7 Å². The Balaban J connectivity index is 1.50. The SMILES string of the molecule is CCC(C(=O)Nc1cc(C)on1)N1CCCN(C(=O)CCc2ccc(OC)cc2)CC1. The van der Waals surface area contributed by atoms with Crippen molar-refractivity contribution in [2.24, 2.45) is 0 Å². The number of anilines is 1. The maximum atomic E-state index is 12.8. The Hall–Kier alpha value is -2.87. The van der Waals surface area contributed by atoms with Crippen LogP contribution in [0.5, 0.6) is 5.75 Å². The minimum atomic E-state index is -0.258. The van der Waals surface area contributed by atoms with Crippen molar-refractivity contribution in [1.82, 2.24) is 15.0 Å². The predicted octanol–water partition coefficient (Wildman–Crippen LogP) is 2.88. The van der Waals surface area contributed by atoms with Gasteiger partial charge in [0.25, 0.3) is 0 Å². The molecule has 2 amide bonds. The summed E-state index contributed by atoms with van der Waals surface area (Å²) in [4.78, 5) is 29.6. The molecule has 0 spiro atoms. The first kappa shape index (κ1) is 22.8. The first-order chi connectivity index (χ1) is 15.0. The number of nitrogens with zero attached hydrogens (tertiary/aromatic N) is 3. The molecule has 1 aromatic heterocycles. The van der Waals surface area contributed by atoms with Crippen LogP contribution >= 0.6 is 0 Å². The molecule has 3 rings (SSSR count). The Labute approximate surface area is 183 Å². The van der Waals surface area contributed by atoms with E-state index in [0.29, 0.717) is 43.9 Å². The number of aryl methyl sites for hydroxylation is 2. The van der Waals surface area contributed by atoms with Gasteiger partial charge in [0.05, 0.1) is 13.2 Å². The average molecular weight is 429 g/mol. The number of amides is 2. The summed E-state index contributed by atoms with van der Waals surface area (Å²) < 4.78 is 10.2. The zero-order chi connectivity index (χ0) is 22.2. The number of nitrogens with one attached hydrogen (secondary N) is 1. The van der Waals surface area contributed by atoms with E-state index < -0.39 is 0 Å². The zero-order valence-electron chi connectivity index (χ0n) is 18.6. The van der Waals surface area contributed by atoms with Gasteiger partial charge in [-0.2, -0.15) is 0 Å². The molecule has 0 bridgehead atoms. The number of methoxy groups -OCH3 is 1. The van der Waals surface area contributed by atoms with E-state index in [1.165, 1.54) is 0 Å². The van der Waals surface area contributed by atoms with Crippen LogP contribution in [0, 0.1) is 6.92 Å². The lowest BCUT2D eigenvalue weighted by Gasteiger charge is -2.28. The van der Waals surface area contributed by atoms with E-state index in [9.17, 15) is 9.59 Å². The molecule has 8 heteroatoms. The van der Waals surface area contributed by atoms with Gasteiger partial charge in [0.15, 0.2) is 5.82 Å². The minimum Gasteiger partial charge on any atom is -0.497 e. The number of benzene rings is 1. The summed E-state index contributed by atoms with van der Waals surface area (Å²) in [5.74, 6) is 1.98. The van der Waals surface area contributed by atoms with Crippen LogP contribution < -0.4 is 10.1 Å². The molecule has 0 saturated carbocycles. The molecule has 1 N–H and O–H groups in total. The second-order valence-electron chi connectivity index (χ2n) is 7.85. The molecule has 1 aliphatic rings. The Kier molecular flexibility index (Phi) is 8.06. The standard InChI is InChI=1S/C23H32N4O4/c1-4-20(23(29)24-21-16-17(2)31-25-21)26-12-5-13-27(15-14-26)22(28)11-8-18-6-9-19(30-3)10-7-18/h6-7,9-10,16,20H,4-5,8,11-15H2,1-3H3,(H,24,25,29). The van der Waals surface area contributed by atoms with Gasteiger partial charge in [-0.3, -0.25) is 14.5 Å². The molecule has 1 aliphatic heterocycles. The van der Waals surface area contributed by atoms with Crippen LogP contribution in [0.25, 0.3) is 0 Å². The summed E-state index contributed by atoms with van der Waals surface area (Å²) in [6.45, 7) is 6.60. The molecular weight excluding hydrogens is 396 g/mol. The molecule has 1 atom stereocenters. The van der Waals surface area contributed by atoms with Gasteiger partial charge in [-0.05, 0) is 43.9 Å². The van der Waals surface area contributed by atoms with Crippen LogP contribution in [0.15, 0.2) is 34.9 Å². The van der Waals surface area contributed by atoms with Gasteiger partial charge in [0.1, 0.15) is 11.5 Å². The van der Waals surface area contributed by atoms with Gasteiger partial charge >= 0.3 is 0 Å². The number of hydrogen-bond donors (Lipinski definition) is 1. The van der Waals surface area contributed by atoms with Crippen LogP contribution in [-0.4, -0.2) is 66.1 Å². The molecule has 0 aliphatic carbocycles. The van der Waals surface area contributed by atoms with Crippen molar-refractivity contribution in [3.63, 3.8) is 0 Å². The number of carbonyl (C=O) groups excluding carboxylic acids is 2. The smallest absolute Gasteiger partial charge is 0.242 e. The maximum Gasteiger partial charge on any atom is 0.242 e. The van der Waals surface area contributed by atoms with E-state index in [0.717, 1.165) is 30.8 Å². The van der Waals surface area contributed by atoms with Crippen molar-refractivity contribution in [1.29, 1.82) is 0 Å². The quantitative estimate of drug-likeness (QED) is 0.696. The molecule has 1 aromatic carbocycles. The Morgan fingerprint density at radius 1 is 1.19 bits per heavy atom. The molecule has 168 valence electrons. The maximum absolute atomic E-state index is 12.8. The summed E-state index contributed by atoms with van der Waals surface area (Å²) in [6.07, 6.45) is 2.73. The van der Waals surface area contributed by atoms with E-state index in [2.05, 4.69) is 15.4 Å². The normalized spacial score (nSPS) is 15.9. The van der Waals surface area contributed by atoms with Gasteiger partial charge in [-0.1, -0.05) is 24.2 Å². The monoisotopic (exact) mass is 428 g/mol. The Bertz CT molecular complexity index is 865. The molecule has 1 unspecified atom stereocenters. The number of hydrogen-bond acceptors (Lipinski definition) is 6. The van der Waals surface area contributed by atoms with Crippen molar-refractivity contribution >= 4 is 17.6 Å². The van der Waals surface area contributed by atoms with Crippen LogP contribution in [0.4, 0.5) is 5.82 Å². The highest BCUT2D eigenvalue weighted by Gasteiger charge is 2.28. The fraction of sp³-hybridized carbons (Fsp3) is 0.522. The number of carbonyl (C=O) groups is 2. The van der Waals surface area contributed by atoms with Gasteiger partial charge in [-0.25, -0.2) is 0 Å². The third kappa shape index (κ3) is 6.30. The lowest BCUT2D eigenvalue weighted by molar-refractivity contribution is -0.131. The fourth-order valence-corrected chi connectivity index (χ4v) is 3.94. The summed E-state index contributed by atoms with van der Waals surface area (Å²) in [5, 5.41) is 6.68. The van der Waals surface area contributed by atoms with Crippen molar-refractivity contribution in [2.75, 3.05) is 38.6 Å². The number of ether oxygens (including phenoxy) is 1. The largest absolute Gasteiger partial charge is 0.497 e. The van der Waals surface area contributed by atoms with Gasteiger partial charge < -0.3 is 19.5 Å². The lowest BCUT2D eigenvalue weighted by Crippen LogP contribution is -2.45. The molecule has 2 heterocycles. The van der Waals surface area contributed by atoms with E-state index in [1.54, 1.807) is 20.1 Å². The van der Waals surface area contributed by atoms with E-state index in [4.69, 9.17) is 9.26 Å². The van der Waals surface area contributed by atoms with E-state index in [-0.39, 0.29) is 17.9 Å². The number of aromatic nitrogens is 1. The second kappa shape index (κ2) is 10.9. The Morgan fingerprint density at radius 2 is 1.97 bits per heavy atom. The summed E-state index contributed by atoms with van der Waals surface area (Å²) >= 11 is 0. The number of rotatable bonds is 8. The second-order valence-corrected chi connectivity index (χ2v) is 7.85. The van der Waals surface area contributed by atoms with Crippen molar-refractivity contribution < 1.29 is 18.8 Å². The van der Waals surface area contributed by atoms with Crippen LogP contribution in [0.3, 0.4) is 0 Å². The summed E-state index contributed by atoms with van der Waals surface area (Å²) in [5.41, 5.74) is 1.12. The fourth-order valence-electron chi connectivity index (χ4n) is 3.94. The van der Waals surface area contributed by atoms with Gasteiger partial charge in [0.2, 0.25) is 11.8 Å². The molecule has 1 saturated heterocycles. The third-order valence-electron chi connectivity index (χ3n) is 5.68.